The molecule has 10 heteroatoms. The molecule has 0 radical (unpaired) electrons. The van der Waals surface area contributed by atoms with Gasteiger partial charge in [-0.15, -0.1) is 0 Å². The first kappa shape index (κ1) is 34.9. The molecule has 0 saturated carbocycles. The molecule has 4 N–H and O–H groups in total. The molecule has 0 bridgehead atoms. The number of piperidine rings is 1. The van der Waals surface area contributed by atoms with Gasteiger partial charge in [-0.05, 0) is 84.8 Å². The number of carboxylic acids is 1. The number of methoxy groups -OCH3 is 1. The van der Waals surface area contributed by atoms with Crippen LogP contribution in [0.3, 0.4) is 0 Å². The van der Waals surface area contributed by atoms with Gasteiger partial charge in [-0.25, -0.2) is 0 Å². The number of hydrogen-bond donors (Lipinski definition) is 3. The molecule has 0 aliphatic carbocycles. The second-order valence-corrected chi connectivity index (χ2v) is 14.3. The monoisotopic (exact) mass is 615 g/mol. The van der Waals surface area contributed by atoms with Gasteiger partial charge in [0, 0.05) is 30.3 Å². The van der Waals surface area contributed by atoms with Gasteiger partial charge in [-0.1, -0.05) is 55.4 Å². The van der Waals surface area contributed by atoms with Crippen LogP contribution in [0.25, 0.3) is 0 Å². The highest BCUT2D eigenvalue weighted by atomic mass is 31.1. The second-order valence-electron chi connectivity index (χ2n) is 13.0. The molecule has 1 fully saturated rings. The van der Waals surface area contributed by atoms with Gasteiger partial charge in [0.1, 0.15) is 11.2 Å². The molecule has 9 nitrogen and oxygen atoms in total. The lowest BCUT2D eigenvalue weighted by molar-refractivity contribution is -0.157. The Kier molecular flexibility index (Phi) is 13.0. The largest absolute Gasteiger partial charge is 0.508 e. The van der Waals surface area contributed by atoms with Crippen molar-refractivity contribution in [2.45, 2.75) is 71.8 Å². The number of likely N-dealkylation sites (tertiary alicyclic amines) is 1. The summed E-state index contributed by atoms with van der Waals surface area (Å²) in [7, 11) is 1.96. The zero-order valence-electron chi connectivity index (χ0n) is 26.6. The predicted octanol–water partition coefficient (Wildman–Crippen LogP) is 5.73. The van der Waals surface area contributed by atoms with Gasteiger partial charge in [0.15, 0.2) is 5.85 Å². The van der Waals surface area contributed by atoms with Crippen LogP contribution in [0.15, 0.2) is 47.6 Å². The van der Waals surface area contributed by atoms with Gasteiger partial charge in [-0.2, -0.15) is 0 Å². The Labute approximate surface area is 258 Å². The maximum atomic E-state index is 12.0. The minimum Gasteiger partial charge on any atom is -0.508 e. The van der Waals surface area contributed by atoms with Gasteiger partial charge in [0.25, 0.3) is 0 Å². The number of aliphatic carboxylic acids is 1. The highest BCUT2D eigenvalue weighted by Gasteiger charge is 2.41. The summed E-state index contributed by atoms with van der Waals surface area (Å²) in [5, 5.41) is 24.6. The summed E-state index contributed by atoms with van der Waals surface area (Å²) < 4.78 is 10.6. The summed E-state index contributed by atoms with van der Waals surface area (Å²) in [6, 6.07) is 14.2. The van der Waals surface area contributed by atoms with Crippen LogP contribution in [-0.2, 0) is 32.1 Å². The first-order chi connectivity index (χ1) is 20.3. The van der Waals surface area contributed by atoms with E-state index < -0.39 is 11.4 Å². The lowest BCUT2D eigenvalue weighted by Crippen LogP contribution is -2.46. The van der Waals surface area contributed by atoms with Crippen LogP contribution in [0.4, 0.5) is 0 Å². The number of phenolic OH excluding ortho intramolecular Hbond substituents is 1. The average Bonchev–Trinajstić information content (AvgIpc) is 3.43. The van der Waals surface area contributed by atoms with Gasteiger partial charge >= 0.3 is 5.97 Å². The van der Waals surface area contributed by atoms with Crippen LogP contribution >= 0.6 is 8.58 Å². The molecule has 43 heavy (non-hydrogen) atoms. The average molecular weight is 616 g/mol. The van der Waals surface area contributed by atoms with E-state index in [0.717, 1.165) is 35.1 Å². The molecule has 238 valence electrons. The molecular weight excluding hydrogens is 565 g/mol. The number of nitrogens with zero attached hydrogens (tertiary/aromatic N) is 2. The van der Waals surface area contributed by atoms with Crippen LogP contribution in [0.2, 0.25) is 0 Å². The van der Waals surface area contributed by atoms with Crippen LogP contribution in [0, 0.1) is 11.3 Å². The Bertz CT molecular complexity index is 1200. The Hall–Kier alpha value is -2.55. The van der Waals surface area contributed by atoms with Crippen LogP contribution < -0.4 is 5.73 Å². The number of benzene rings is 2. The topological polar surface area (TPSA) is 127 Å². The van der Waals surface area contributed by atoms with Gasteiger partial charge < -0.3 is 30.3 Å². The number of aromatic hydroxyl groups is 1. The molecule has 1 saturated heterocycles. The maximum absolute atomic E-state index is 12.0. The van der Waals surface area contributed by atoms with Gasteiger partial charge in [0.2, 0.25) is 0 Å². The third-order valence-corrected chi connectivity index (χ3v) is 8.62. The number of rotatable bonds is 12. The van der Waals surface area contributed by atoms with Crippen molar-refractivity contribution < 1.29 is 29.3 Å². The molecule has 2 aliphatic rings. The van der Waals surface area contributed by atoms with E-state index >= 15 is 0 Å². The third kappa shape index (κ3) is 11.1. The Morgan fingerprint density at radius 3 is 2.37 bits per heavy atom. The van der Waals surface area contributed by atoms with Crippen LogP contribution in [0.1, 0.15) is 75.6 Å². The highest BCUT2D eigenvalue weighted by Crippen LogP contribution is 2.45. The summed E-state index contributed by atoms with van der Waals surface area (Å²) >= 11 is 0. The number of phenols is 1. The van der Waals surface area contributed by atoms with Crippen LogP contribution in [-0.4, -0.2) is 72.1 Å². The summed E-state index contributed by atoms with van der Waals surface area (Å²) in [6.45, 7) is 13.5. The van der Waals surface area contributed by atoms with Crippen molar-refractivity contribution in [3.63, 3.8) is 0 Å². The molecule has 0 amide bonds. The van der Waals surface area contributed by atoms with Crippen molar-refractivity contribution in [1.82, 2.24) is 4.90 Å². The van der Waals surface area contributed by atoms with Crippen molar-refractivity contribution in [1.29, 1.82) is 0 Å². The third-order valence-electron chi connectivity index (χ3n) is 7.27. The summed E-state index contributed by atoms with van der Waals surface area (Å²) in [4.78, 5) is 20.0. The van der Waals surface area contributed by atoms with E-state index in [1.807, 2.05) is 32.9 Å². The second kappa shape index (κ2) is 16.0. The molecule has 2 heterocycles. The summed E-state index contributed by atoms with van der Waals surface area (Å²) in [5.74, 6) is -0.156. The fourth-order valence-electron chi connectivity index (χ4n) is 4.91. The van der Waals surface area contributed by atoms with E-state index in [0.29, 0.717) is 59.4 Å². The molecule has 2 aromatic rings. The smallest absolute Gasteiger partial charge is 0.312 e. The zero-order valence-corrected chi connectivity index (χ0v) is 27.6. The van der Waals surface area contributed by atoms with Crippen molar-refractivity contribution in [2.75, 3.05) is 40.0 Å². The fourth-order valence-corrected chi connectivity index (χ4v) is 6.05. The molecule has 0 spiro atoms. The number of ether oxygens (including phenoxy) is 2. The van der Waals surface area contributed by atoms with Crippen LogP contribution in [0.5, 0.6) is 5.75 Å². The first-order valence-corrected chi connectivity index (χ1v) is 16.1. The van der Waals surface area contributed by atoms with Crippen molar-refractivity contribution >= 4 is 20.0 Å². The Morgan fingerprint density at radius 1 is 1.16 bits per heavy atom. The lowest BCUT2D eigenvalue weighted by atomic mass is 9.79. The number of oxime groups is 1. The van der Waals surface area contributed by atoms with E-state index in [4.69, 9.17) is 20.0 Å². The standard InChI is InChI=1S/C29H39N2O6P.C4H11N/c1-20(2)16-23-8-9-24(17-25(23)32)27-37-30-26(38-27)22-6-4-21(5-7-22)18-31-12-10-29(11-13-31,28(33)34)19-36-15-14-35-3;1-4(2,3)5/h4-9,17,20,27,32,38H,10-16,18-19H2,1-3H3,(H,33,34);5H2,1-3H3. The maximum Gasteiger partial charge on any atom is 0.312 e. The minimum absolute atomic E-state index is 0. The number of carboxylic acid groups (broad SMARTS) is 1. The minimum atomic E-state index is -0.822. The van der Waals surface area contributed by atoms with E-state index in [1.165, 1.54) is 5.56 Å². The zero-order chi connectivity index (χ0) is 31.6. The molecule has 0 aromatic heterocycles. The number of carbonyl (C=O) groups is 1. The summed E-state index contributed by atoms with van der Waals surface area (Å²) in [6.07, 6.45) is 1.98. The molecule has 2 aromatic carbocycles. The Balaban J connectivity index is 0.000000934. The number of nitrogens with two attached hydrogens (primary N) is 1. The number of hydrogen-bond acceptors (Lipinski definition) is 8. The van der Waals surface area contributed by atoms with Gasteiger partial charge in [-0.3, -0.25) is 9.69 Å². The Morgan fingerprint density at radius 2 is 1.81 bits per heavy atom. The van der Waals surface area contributed by atoms with Crippen molar-refractivity contribution in [3.05, 3.63) is 64.7 Å². The SMILES string of the molecule is CC(C)(C)N.COCCOCC1(C(=O)O)CCN(Cc2ccc(C3=NOC(c4ccc(CC(C)C)c(O)c4)P3)cc2)CC1. The molecule has 4 rings (SSSR count). The first-order valence-electron chi connectivity index (χ1n) is 15.0. The van der Waals surface area contributed by atoms with E-state index in [-0.39, 0.29) is 18.0 Å². The van der Waals surface area contributed by atoms with E-state index in [2.05, 4.69) is 48.2 Å². The van der Waals surface area contributed by atoms with Crippen molar-refractivity contribution in [3.8, 4) is 5.75 Å². The predicted molar refractivity (Wildman–Crippen MR) is 173 cm³/mol. The van der Waals surface area contributed by atoms with E-state index in [9.17, 15) is 15.0 Å². The quantitative estimate of drug-likeness (QED) is 0.204. The normalized spacial score (nSPS) is 19.1. The van der Waals surface area contributed by atoms with E-state index in [1.54, 1.807) is 13.2 Å². The summed E-state index contributed by atoms with van der Waals surface area (Å²) in [5.41, 5.74) is 9.56. The lowest BCUT2D eigenvalue weighted by Gasteiger charge is -2.38. The highest BCUT2D eigenvalue weighted by molar-refractivity contribution is 7.59. The molecule has 2 aliphatic heterocycles. The van der Waals surface area contributed by atoms with Gasteiger partial charge in [0.05, 0.1) is 25.2 Å². The van der Waals surface area contributed by atoms with Crippen molar-refractivity contribution in [2.24, 2.45) is 22.2 Å². The molecular formula is C33H50N3O6P. The molecule has 2 atom stereocenters. The fraction of sp³-hybridized carbons (Fsp3) is 0.576. The molecule has 2 unspecified atom stereocenters.